The van der Waals surface area contributed by atoms with Crippen molar-refractivity contribution >= 4 is 21.4 Å². The molecule has 6 heteroatoms. The molecule has 2 aromatic rings. The zero-order valence-electron chi connectivity index (χ0n) is 12.3. The molecule has 1 aromatic carbocycles. The Balaban J connectivity index is 1.97. The summed E-state index contributed by atoms with van der Waals surface area (Å²) in [5, 5.41) is 2.98. The lowest BCUT2D eigenvalue weighted by Gasteiger charge is -2.04. The fraction of sp³-hybridized carbons (Fsp3) is 0.400. The van der Waals surface area contributed by atoms with E-state index in [4.69, 9.17) is 0 Å². The van der Waals surface area contributed by atoms with Gasteiger partial charge in [-0.1, -0.05) is 31.2 Å². The number of sulfonamides is 1. The van der Waals surface area contributed by atoms with Gasteiger partial charge in [-0.05, 0) is 18.9 Å². The Morgan fingerprint density at radius 3 is 2.76 bits per heavy atom. The molecule has 21 heavy (non-hydrogen) atoms. The Kier molecular flexibility index (Phi) is 5.50. The number of aromatic nitrogens is 1. The summed E-state index contributed by atoms with van der Waals surface area (Å²) in [6.45, 7) is 4.32. The summed E-state index contributed by atoms with van der Waals surface area (Å²) in [6, 6.07) is 8.13. The molecule has 114 valence electrons. The smallest absolute Gasteiger partial charge is 0.211 e. The van der Waals surface area contributed by atoms with E-state index in [0.717, 1.165) is 16.3 Å². The van der Waals surface area contributed by atoms with Gasteiger partial charge in [-0.3, -0.25) is 0 Å². The second-order valence-electron chi connectivity index (χ2n) is 4.92. The van der Waals surface area contributed by atoms with Gasteiger partial charge in [0.25, 0.3) is 0 Å². The van der Waals surface area contributed by atoms with Crippen molar-refractivity contribution in [2.45, 2.75) is 26.7 Å². The summed E-state index contributed by atoms with van der Waals surface area (Å²) in [5.74, 6) is 0.179. The number of thiazole rings is 1. The molecule has 0 unspecified atom stereocenters. The number of benzene rings is 1. The van der Waals surface area contributed by atoms with E-state index in [1.807, 2.05) is 24.4 Å². The standard InChI is InChI=1S/C15H20N2O2S2/c1-3-10-21(18,19)16-9-8-13-11-20-15(17-13)14-7-5-4-6-12(14)2/h4-7,11,16H,3,8-10H2,1-2H3. The van der Waals surface area contributed by atoms with Crippen LogP contribution in [0.4, 0.5) is 0 Å². The second-order valence-corrected chi connectivity index (χ2v) is 7.71. The van der Waals surface area contributed by atoms with Crippen LogP contribution in [-0.4, -0.2) is 25.7 Å². The number of hydrogen-bond donors (Lipinski definition) is 1. The maximum absolute atomic E-state index is 11.6. The first-order valence-electron chi connectivity index (χ1n) is 6.99. The lowest BCUT2D eigenvalue weighted by Crippen LogP contribution is -2.28. The van der Waals surface area contributed by atoms with E-state index in [1.165, 1.54) is 5.56 Å². The quantitative estimate of drug-likeness (QED) is 0.852. The van der Waals surface area contributed by atoms with E-state index >= 15 is 0 Å². The first-order valence-corrected chi connectivity index (χ1v) is 9.53. The third kappa shape index (κ3) is 4.62. The first-order chi connectivity index (χ1) is 10.0. The summed E-state index contributed by atoms with van der Waals surface area (Å²) < 4.78 is 25.7. The maximum Gasteiger partial charge on any atom is 0.211 e. The van der Waals surface area contributed by atoms with Gasteiger partial charge in [0.15, 0.2) is 0 Å². The lowest BCUT2D eigenvalue weighted by molar-refractivity contribution is 0.580. The highest BCUT2D eigenvalue weighted by Crippen LogP contribution is 2.26. The van der Waals surface area contributed by atoms with Gasteiger partial charge < -0.3 is 0 Å². The molecule has 0 amide bonds. The van der Waals surface area contributed by atoms with Crippen LogP contribution < -0.4 is 4.72 Å². The molecule has 1 N–H and O–H groups in total. The molecule has 0 fully saturated rings. The van der Waals surface area contributed by atoms with Gasteiger partial charge in [0.05, 0.1) is 11.4 Å². The number of aryl methyl sites for hydroxylation is 1. The number of nitrogens with one attached hydrogen (secondary N) is 1. The third-order valence-corrected chi connectivity index (χ3v) is 5.62. The molecule has 0 aliphatic carbocycles. The van der Waals surface area contributed by atoms with Gasteiger partial charge in [-0.2, -0.15) is 0 Å². The monoisotopic (exact) mass is 324 g/mol. The summed E-state index contributed by atoms with van der Waals surface area (Å²) in [4.78, 5) is 4.59. The second kappa shape index (κ2) is 7.15. The largest absolute Gasteiger partial charge is 0.241 e. The Labute approximate surface area is 130 Å². The van der Waals surface area contributed by atoms with Gasteiger partial charge in [0.2, 0.25) is 10.0 Å². The van der Waals surface area contributed by atoms with E-state index in [9.17, 15) is 8.42 Å². The highest BCUT2D eigenvalue weighted by atomic mass is 32.2. The Bertz CT molecular complexity index is 693. The molecule has 2 rings (SSSR count). The van der Waals surface area contributed by atoms with E-state index in [0.29, 0.717) is 19.4 Å². The average molecular weight is 324 g/mol. The van der Waals surface area contributed by atoms with Crippen LogP contribution in [0.25, 0.3) is 10.6 Å². The van der Waals surface area contributed by atoms with Crippen LogP contribution in [0.3, 0.4) is 0 Å². The molecule has 0 saturated heterocycles. The van der Waals surface area contributed by atoms with Crippen molar-refractivity contribution in [1.82, 2.24) is 9.71 Å². The topological polar surface area (TPSA) is 59.1 Å². The van der Waals surface area contributed by atoms with Crippen molar-refractivity contribution in [3.05, 3.63) is 40.9 Å². The Morgan fingerprint density at radius 2 is 2.05 bits per heavy atom. The van der Waals surface area contributed by atoms with Crippen LogP contribution in [0.2, 0.25) is 0 Å². The van der Waals surface area contributed by atoms with E-state index < -0.39 is 10.0 Å². The molecular formula is C15H20N2O2S2. The molecule has 1 aromatic heterocycles. The van der Waals surface area contributed by atoms with Gasteiger partial charge in [0.1, 0.15) is 5.01 Å². The minimum atomic E-state index is -3.13. The normalized spacial score (nSPS) is 11.7. The first kappa shape index (κ1) is 16.1. The molecule has 1 heterocycles. The van der Waals surface area contributed by atoms with E-state index in [1.54, 1.807) is 11.3 Å². The third-order valence-electron chi connectivity index (χ3n) is 3.10. The fourth-order valence-corrected chi connectivity index (χ4v) is 4.07. The van der Waals surface area contributed by atoms with Crippen LogP contribution in [0.15, 0.2) is 29.6 Å². The predicted octanol–water partition coefficient (Wildman–Crippen LogP) is 2.99. The van der Waals surface area contributed by atoms with Crippen molar-refractivity contribution in [2.75, 3.05) is 12.3 Å². The van der Waals surface area contributed by atoms with Gasteiger partial charge in [0, 0.05) is 23.9 Å². The highest BCUT2D eigenvalue weighted by Gasteiger charge is 2.10. The average Bonchev–Trinajstić information content (AvgIpc) is 2.87. The van der Waals surface area contributed by atoms with Gasteiger partial charge in [-0.15, -0.1) is 11.3 Å². The summed E-state index contributed by atoms with van der Waals surface area (Å²) in [7, 11) is -3.13. The van der Waals surface area contributed by atoms with Gasteiger partial charge in [-0.25, -0.2) is 18.1 Å². The molecule has 0 aliphatic rings. The molecule has 0 atom stereocenters. The fourth-order valence-electron chi connectivity index (χ4n) is 2.03. The van der Waals surface area contributed by atoms with Crippen molar-refractivity contribution in [3.63, 3.8) is 0 Å². The van der Waals surface area contributed by atoms with Crippen LogP contribution in [0, 0.1) is 6.92 Å². The van der Waals surface area contributed by atoms with Crippen LogP contribution in [0.5, 0.6) is 0 Å². The minimum Gasteiger partial charge on any atom is -0.241 e. The molecule has 0 spiro atoms. The zero-order valence-corrected chi connectivity index (χ0v) is 13.9. The van der Waals surface area contributed by atoms with Crippen molar-refractivity contribution < 1.29 is 8.42 Å². The molecular weight excluding hydrogens is 304 g/mol. The predicted molar refractivity (Wildman–Crippen MR) is 88.1 cm³/mol. The van der Waals surface area contributed by atoms with Crippen LogP contribution in [0.1, 0.15) is 24.6 Å². The zero-order chi connectivity index (χ0) is 15.3. The SMILES string of the molecule is CCCS(=O)(=O)NCCc1csc(-c2ccccc2C)n1. The highest BCUT2D eigenvalue weighted by molar-refractivity contribution is 7.89. The van der Waals surface area contributed by atoms with Crippen LogP contribution in [-0.2, 0) is 16.4 Å². The summed E-state index contributed by atoms with van der Waals surface area (Å²) in [6.07, 6.45) is 1.24. The molecule has 0 radical (unpaired) electrons. The number of nitrogens with zero attached hydrogens (tertiary/aromatic N) is 1. The molecule has 0 aliphatic heterocycles. The molecule has 0 bridgehead atoms. The number of rotatable bonds is 7. The van der Waals surface area contributed by atoms with Gasteiger partial charge >= 0.3 is 0 Å². The summed E-state index contributed by atoms with van der Waals surface area (Å²) in [5.41, 5.74) is 3.26. The van der Waals surface area contributed by atoms with E-state index in [2.05, 4.69) is 28.8 Å². The lowest BCUT2D eigenvalue weighted by atomic mass is 10.1. The maximum atomic E-state index is 11.6. The van der Waals surface area contributed by atoms with Crippen molar-refractivity contribution in [3.8, 4) is 10.6 Å². The number of hydrogen-bond acceptors (Lipinski definition) is 4. The van der Waals surface area contributed by atoms with Crippen LogP contribution >= 0.6 is 11.3 Å². The molecule has 0 saturated carbocycles. The molecule has 4 nitrogen and oxygen atoms in total. The van der Waals surface area contributed by atoms with Crippen molar-refractivity contribution in [2.24, 2.45) is 0 Å². The van der Waals surface area contributed by atoms with E-state index in [-0.39, 0.29) is 5.75 Å². The Hall–Kier alpha value is -1.24. The Morgan fingerprint density at radius 1 is 1.29 bits per heavy atom. The minimum absolute atomic E-state index is 0.179. The summed E-state index contributed by atoms with van der Waals surface area (Å²) >= 11 is 1.60. The van der Waals surface area contributed by atoms with Crippen molar-refractivity contribution in [1.29, 1.82) is 0 Å².